The van der Waals surface area contributed by atoms with Crippen molar-refractivity contribution in [3.8, 4) is 23.0 Å². The zero-order chi connectivity index (χ0) is 13.4. The molecule has 4 nitrogen and oxygen atoms in total. The molecule has 0 saturated carbocycles. The van der Waals surface area contributed by atoms with E-state index in [1.807, 2.05) is 6.07 Å². The summed E-state index contributed by atoms with van der Waals surface area (Å²) in [6.45, 7) is 0. The molecule has 0 saturated heterocycles. The molecule has 0 aromatic heterocycles. The molecule has 1 atom stereocenters. The van der Waals surface area contributed by atoms with Gasteiger partial charge in [0.1, 0.15) is 17.6 Å². The number of fused-ring (bicyclic) bond motifs is 1. The largest absolute Gasteiger partial charge is 0.508 e. The maximum Gasteiger partial charge on any atom is 0.164 e. The fourth-order valence-electron chi connectivity index (χ4n) is 2.39. The highest BCUT2D eigenvalue weighted by Gasteiger charge is 2.24. The first-order valence-corrected chi connectivity index (χ1v) is 6.14. The summed E-state index contributed by atoms with van der Waals surface area (Å²) in [6.07, 6.45) is 1.20. The molecule has 0 amide bonds. The lowest BCUT2D eigenvalue weighted by Crippen LogP contribution is -2.15. The molecule has 2 aromatic rings. The number of ether oxygens (including phenoxy) is 1. The first-order valence-electron chi connectivity index (χ1n) is 6.14. The second-order valence-corrected chi connectivity index (χ2v) is 4.65. The van der Waals surface area contributed by atoms with Gasteiger partial charge in [0.05, 0.1) is 0 Å². The highest BCUT2D eigenvalue weighted by molar-refractivity contribution is 5.48. The van der Waals surface area contributed by atoms with Crippen LogP contribution < -0.4 is 4.74 Å². The molecule has 19 heavy (non-hydrogen) atoms. The average Bonchev–Trinajstić information content (AvgIpc) is 2.41. The van der Waals surface area contributed by atoms with Gasteiger partial charge in [-0.2, -0.15) is 0 Å². The van der Waals surface area contributed by atoms with Crippen molar-refractivity contribution in [2.75, 3.05) is 0 Å². The van der Waals surface area contributed by atoms with Crippen molar-refractivity contribution in [3.05, 3.63) is 47.5 Å². The van der Waals surface area contributed by atoms with Crippen molar-refractivity contribution in [1.82, 2.24) is 0 Å². The Morgan fingerprint density at radius 2 is 1.89 bits per heavy atom. The molecule has 2 aromatic carbocycles. The first kappa shape index (κ1) is 11.7. The van der Waals surface area contributed by atoms with E-state index in [-0.39, 0.29) is 23.4 Å². The van der Waals surface area contributed by atoms with Crippen LogP contribution in [0.2, 0.25) is 0 Å². The number of phenols is 3. The third-order valence-electron chi connectivity index (χ3n) is 3.39. The van der Waals surface area contributed by atoms with Gasteiger partial charge in [-0.3, -0.25) is 0 Å². The fraction of sp³-hybridized carbons (Fsp3) is 0.200. The monoisotopic (exact) mass is 258 g/mol. The Morgan fingerprint density at radius 3 is 2.74 bits per heavy atom. The molecule has 0 spiro atoms. The van der Waals surface area contributed by atoms with Crippen LogP contribution in [0.3, 0.4) is 0 Å². The van der Waals surface area contributed by atoms with Gasteiger partial charge in [-0.1, -0.05) is 18.2 Å². The molecular weight excluding hydrogens is 244 g/mol. The van der Waals surface area contributed by atoms with Gasteiger partial charge in [-0.25, -0.2) is 0 Å². The van der Waals surface area contributed by atoms with Crippen LogP contribution in [0.1, 0.15) is 23.7 Å². The second kappa shape index (κ2) is 4.39. The minimum atomic E-state index is -0.318. The highest BCUT2D eigenvalue weighted by Crippen LogP contribution is 2.41. The Labute approximate surface area is 110 Å². The summed E-state index contributed by atoms with van der Waals surface area (Å²) >= 11 is 0. The van der Waals surface area contributed by atoms with Crippen LogP contribution in [0.25, 0.3) is 0 Å². The number of rotatable bonds is 1. The maximum absolute atomic E-state index is 9.87. The predicted molar refractivity (Wildman–Crippen MR) is 69.6 cm³/mol. The number of aryl methyl sites for hydroxylation is 1. The Kier molecular flexibility index (Phi) is 2.71. The second-order valence-electron chi connectivity index (χ2n) is 4.65. The number of hydrogen-bond donors (Lipinski definition) is 3. The Bertz CT molecular complexity index is 622. The number of benzene rings is 2. The normalized spacial score (nSPS) is 17.6. The van der Waals surface area contributed by atoms with Crippen LogP contribution in [0, 0.1) is 0 Å². The van der Waals surface area contributed by atoms with E-state index in [1.165, 1.54) is 6.07 Å². The fourth-order valence-corrected chi connectivity index (χ4v) is 2.39. The molecule has 0 bridgehead atoms. The topological polar surface area (TPSA) is 69.9 Å². The predicted octanol–water partition coefficient (Wildman–Crippen LogP) is 2.87. The van der Waals surface area contributed by atoms with Crippen LogP contribution in [-0.2, 0) is 6.42 Å². The lowest BCUT2D eigenvalue weighted by Gasteiger charge is -2.27. The van der Waals surface area contributed by atoms with E-state index in [0.717, 1.165) is 18.4 Å². The summed E-state index contributed by atoms with van der Waals surface area (Å²) in [6, 6.07) is 9.87. The third-order valence-corrected chi connectivity index (χ3v) is 3.39. The smallest absolute Gasteiger partial charge is 0.164 e. The molecule has 0 fully saturated rings. The molecule has 98 valence electrons. The van der Waals surface area contributed by atoms with Gasteiger partial charge in [0.25, 0.3) is 0 Å². The molecular formula is C15H14O4. The van der Waals surface area contributed by atoms with Crippen LogP contribution in [0.5, 0.6) is 23.0 Å². The molecule has 1 aliphatic heterocycles. The van der Waals surface area contributed by atoms with E-state index in [9.17, 15) is 15.3 Å². The summed E-state index contributed by atoms with van der Waals surface area (Å²) in [4.78, 5) is 0. The van der Waals surface area contributed by atoms with Gasteiger partial charge in [-0.05, 0) is 30.5 Å². The van der Waals surface area contributed by atoms with Crippen LogP contribution in [-0.4, -0.2) is 15.3 Å². The van der Waals surface area contributed by atoms with Crippen LogP contribution in [0.4, 0.5) is 0 Å². The lowest BCUT2D eigenvalue weighted by molar-refractivity contribution is 0.171. The van der Waals surface area contributed by atoms with Crippen molar-refractivity contribution in [2.24, 2.45) is 0 Å². The molecule has 1 unspecified atom stereocenters. The minimum absolute atomic E-state index is 0.142. The van der Waals surface area contributed by atoms with Crippen molar-refractivity contribution in [1.29, 1.82) is 0 Å². The van der Waals surface area contributed by atoms with E-state index in [1.54, 1.807) is 24.3 Å². The Balaban J connectivity index is 1.95. The van der Waals surface area contributed by atoms with Crippen molar-refractivity contribution in [3.63, 3.8) is 0 Å². The highest BCUT2D eigenvalue weighted by atomic mass is 16.5. The number of para-hydroxylation sites is 1. The molecule has 3 N–H and O–H groups in total. The van der Waals surface area contributed by atoms with Gasteiger partial charge in [0, 0.05) is 11.6 Å². The summed E-state index contributed by atoms with van der Waals surface area (Å²) < 4.78 is 5.80. The zero-order valence-corrected chi connectivity index (χ0v) is 10.2. The van der Waals surface area contributed by atoms with Gasteiger partial charge in [-0.15, -0.1) is 0 Å². The molecule has 3 rings (SSSR count). The molecule has 1 heterocycles. The quantitative estimate of drug-likeness (QED) is 0.688. The third kappa shape index (κ3) is 2.05. The van der Waals surface area contributed by atoms with Gasteiger partial charge in [0.15, 0.2) is 11.5 Å². The molecule has 0 aliphatic carbocycles. The Hall–Kier alpha value is -2.36. The molecule has 4 heteroatoms. The minimum Gasteiger partial charge on any atom is -0.508 e. The van der Waals surface area contributed by atoms with Gasteiger partial charge < -0.3 is 20.1 Å². The first-order chi connectivity index (χ1) is 9.15. The van der Waals surface area contributed by atoms with Gasteiger partial charge in [0.2, 0.25) is 0 Å². The zero-order valence-electron chi connectivity index (χ0n) is 10.2. The van der Waals surface area contributed by atoms with Gasteiger partial charge >= 0.3 is 0 Å². The number of aromatic hydroxyl groups is 3. The van der Waals surface area contributed by atoms with E-state index in [2.05, 4.69) is 0 Å². The van der Waals surface area contributed by atoms with Crippen molar-refractivity contribution >= 4 is 0 Å². The average molecular weight is 258 g/mol. The summed E-state index contributed by atoms with van der Waals surface area (Å²) in [7, 11) is 0. The van der Waals surface area contributed by atoms with Crippen molar-refractivity contribution < 1.29 is 20.1 Å². The SMILES string of the molecule is Oc1ccc2c(c1)OC(c1cccc(O)c1O)CC2. The van der Waals surface area contributed by atoms with E-state index >= 15 is 0 Å². The summed E-state index contributed by atoms with van der Waals surface area (Å²) in [5, 5.41) is 28.9. The standard InChI is InChI=1S/C15H14O4/c16-10-6-4-9-5-7-13(19-14(9)8-10)11-2-1-3-12(17)15(11)18/h1-4,6,8,13,16-18H,5,7H2. The van der Waals surface area contributed by atoms with E-state index < -0.39 is 0 Å². The van der Waals surface area contributed by atoms with Crippen LogP contribution >= 0.6 is 0 Å². The summed E-state index contributed by atoms with van der Waals surface area (Å²) in [5.41, 5.74) is 1.60. The number of phenolic OH excluding ortho intramolecular Hbond substituents is 3. The van der Waals surface area contributed by atoms with Crippen LogP contribution in [0.15, 0.2) is 36.4 Å². The van der Waals surface area contributed by atoms with Crippen molar-refractivity contribution in [2.45, 2.75) is 18.9 Å². The Morgan fingerprint density at radius 1 is 1.05 bits per heavy atom. The maximum atomic E-state index is 9.87. The lowest BCUT2D eigenvalue weighted by atomic mass is 9.96. The van der Waals surface area contributed by atoms with E-state index in [4.69, 9.17) is 4.74 Å². The summed E-state index contributed by atoms with van der Waals surface area (Å²) in [5.74, 6) is 0.484. The molecule has 1 aliphatic rings. The van der Waals surface area contributed by atoms with E-state index in [0.29, 0.717) is 11.3 Å². The molecule has 0 radical (unpaired) electrons. The number of hydrogen-bond acceptors (Lipinski definition) is 4.